The molecule has 0 bridgehead atoms. The molecule has 2 rings (SSSR count). The van der Waals surface area contributed by atoms with Crippen LogP contribution in [0.25, 0.3) is 0 Å². The molecule has 1 aromatic rings. The number of nitrogens with zero attached hydrogens (tertiary/aromatic N) is 3. The lowest BCUT2D eigenvalue weighted by atomic mass is 10.4. The van der Waals surface area contributed by atoms with E-state index in [-0.39, 0.29) is 0 Å². The number of aromatic nitrogens is 2. The number of likely N-dealkylation sites (tertiary alicyclic amines) is 1. The Morgan fingerprint density at radius 3 is 2.84 bits per heavy atom. The first kappa shape index (κ1) is 14.3. The monoisotopic (exact) mass is 283 g/mol. The highest BCUT2D eigenvalue weighted by molar-refractivity contribution is 6.32. The Bertz CT molecular complexity index is 393. The molecule has 0 atom stereocenters. The maximum atomic E-state index is 6.08. The van der Waals surface area contributed by atoms with Crippen molar-refractivity contribution < 1.29 is 0 Å². The Kier molecular flexibility index (Phi) is 5.66. The van der Waals surface area contributed by atoms with E-state index in [1.54, 1.807) is 6.20 Å². The van der Waals surface area contributed by atoms with Crippen LogP contribution in [0.3, 0.4) is 0 Å². The molecule has 106 valence electrons. The summed E-state index contributed by atoms with van der Waals surface area (Å²) in [7, 11) is 0. The Morgan fingerprint density at radius 2 is 2.11 bits per heavy atom. The molecular weight excluding hydrogens is 262 g/mol. The van der Waals surface area contributed by atoms with E-state index in [1.807, 2.05) is 6.92 Å². The standard InChI is InChI=1S/C13H22ClN5/c1-2-15-13-17-10-11(14)12(18-13)16-6-5-9-19-7-3-4-8-19/h10H,2-9H2,1H3,(H2,15,16,17,18). The maximum absolute atomic E-state index is 6.08. The zero-order valence-corrected chi connectivity index (χ0v) is 12.2. The first-order chi connectivity index (χ1) is 9.29. The van der Waals surface area contributed by atoms with E-state index in [0.717, 1.165) is 26.1 Å². The molecule has 19 heavy (non-hydrogen) atoms. The van der Waals surface area contributed by atoms with Crippen molar-refractivity contribution >= 4 is 23.4 Å². The molecule has 0 saturated carbocycles. The van der Waals surface area contributed by atoms with Crippen molar-refractivity contribution in [1.82, 2.24) is 14.9 Å². The van der Waals surface area contributed by atoms with Gasteiger partial charge in [-0.2, -0.15) is 4.98 Å². The second-order valence-electron chi connectivity index (χ2n) is 4.75. The number of hydrogen-bond donors (Lipinski definition) is 2. The lowest BCUT2D eigenvalue weighted by Gasteiger charge is -2.15. The molecule has 6 heteroatoms. The molecule has 2 heterocycles. The van der Waals surface area contributed by atoms with Gasteiger partial charge in [0, 0.05) is 13.1 Å². The molecule has 0 unspecified atom stereocenters. The van der Waals surface area contributed by atoms with Crippen LogP contribution in [-0.4, -0.2) is 47.6 Å². The van der Waals surface area contributed by atoms with Gasteiger partial charge in [0.1, 0.15) is 10.8 Å². The van der Waals surface area contributed by atoms with Crippen LogP contribution in [0.1, 0.15) is 26.2 Å². The highest BCUT2D eigenvalue weighted by atomic mass is 35.5. The van der Waals surface area contributed by atoms with Crippen molar-refractivity contribution in [2.24, 2.45) is 0 Å². The summed E-state index contributed by atoms with van der Waals surface area (Å²) in [6.07, 6.45) is 5.43. The molecule has 0 spiro atoms. The molecule has 0 aliphatic carbocycles. The van der Waals surface area contributed by atoms with E-state index in [2.05, 4.69) is 25.5 Å². The largest absolute Gasteiger partial charge is 0.369 e. The summed E-state index contributed by atoms with van der Waals surface area (Å²) >= 11 is 6.08. The highest BCUT2D eigenvalue weighted by Crippen LogP contribution is 2.19. The zero-order valence-electron chi connectivity index (χ0n) is 11.5. The van der Waals surface area contributed by atoms with Crippen LogP contribution in [0, 0.1) is 0 Å². The lowest BCUT2D eigenvalue weighted by Crippen LogP contribution is -2.22. The fourth-order valence-electron chi connectivity index (χ4n) is 2.25. The Hall–Kier alpha value is -1.07. The number of halogens is 1. The molecular formula is C13H22ClN5. The SMILES string of the molecule is CCNc1ncc(Cl)c(NCCCN2CCCC2)n1. The minimum Gasteiger partial charge on any atom is -0.369 e. The van der Waals surface area contributed by atoms with Crippen LogP contribution in [0.15, 0.2) is 6.20 Å². The predicted octanol–water partition coefficient (Wildman–Crippen LogP) is 2.46. The van der Waals surface area contributed by atoms with Crippen molar-refractivity contribution in [2.75, 3.05) is 43.4 Å². The van der Waals surface area contributed by atoms with Gasteiger partial charge in [0.05, 0.1) is 6.20 Å². The number of anilines is 2. The van der Waals surface area contributed by atoms with E-state index in [4.69, 9.17) is 11.6 Å². The van der Waals surface area contributed by atoms with Crippen molar-refractivity contribution in [3.05, 3.63) is 11.2 Å². The van der Waals surface area contributed by atoms with Crippen LogP contribution in [0.4, 0.5) is 11.8 Å². The summed E-state index contributed by atoms with van der Waals surface area (Å²) in [5, 5.41) is 6.94. The van der Waals surface area contributed by atoms with Crippen molar-refractivity contribution in [1.29, 1.82) is 0 Å². The average molecular weight is 284 g/mol. The maximum Gasteiger partial charge on any atom is 0.224 e. The van der Waals surface area contributed by atoms with E-state index in [9.17, 15) is 0 Å². The Morgan fingerprint density at radius 1 is 1.32 bits per heavy atom. The molecule has 5 nitrogen and oxygen atoms in total. The molecule has 2 N–H and O–H groups in total. The molecule has 0 amide bonds. The van der Waals surface area contributed by atoms with Crippen LogP contribution < -0.4 is 10.6 Å². The van der Waals surface area contributed by atoms with Crippen molar-refractivity contribution in [3.63, 3.8) is 0 Å². The fraction of sp³-hybridized carbons (Fsp3) is 0.692. The van der Waals surface area contributed by atoms with Gasteiger partial charge in [-0.25, -0.2) is 4.98 Å². The molecule has 0 aromatic carbocycles. The number of nitrogens with one attached hydrogen (secondary N) is 2. The van der Waals surface area contributed by atoms with Gasteiger partial charge >= 0.3 is 0 Å². The van der Waals surface area contributed by atoms with Gasteiger partial charge in [-0.1, -0.05) is 11.6 Å². The number of hydrogen-bond acceptors (Lipinski definition) is 5. The lowest BCUT2D eigenvalue weighted by molar-refractivity contribution is 0.337. The smallest absolute Gasteiger partial charge is 0.224 e. The molecule has 1 saturated heterocycles. The van der Waals surface area contributed by atoms with Gasteiger partial charge in [0.2, 0.25) is 5.95 Å². The first-order valence-corrected chi connectivity index (χ1v) is 7.40. The van der Waals surface area contributed by atoms with Gasteiger partial charge in [0.15, 0.2) is 0 Å². The average Bonchev–Trinajstić information content (AvgIpc) is 2.91. The second kappa shape index (κ2) is 7.50. The van der Waals surface area contributed by atoms with Gasteiger partial charge in [-0.15, -0.1) is 0 Å². The first-order valence-electron chi connectivity index (χ1n) is 7.02. The topological polar surface area (TPSA) is 53.1 Å². The fourth-order valence-corrected chi connectivity index (χ4v) is 2.41. The van der Waals surface area contributed by atoms with Gasteiger partial charge < -0.3 is 15.5 Å². The number of rotatable bonds is 7. The van der Waals surface area contributed by atoms with E-state index >= 15 is 0 Å². The van der Waals surface area contributed by atoms with Gasteiger partial charge in [-0.05, 0) is 45.8 Å². The van der Waals surface area contributed by atoms with Crippen LogP contribution in [0.5, 0.6) is 0 Å². The highest BCUT2D eigenvalue weighted by Gasteiger charge is 2.10. The third kappa shape index (κ3) is 4.51. The molecule has 1 fully saturated rings. The van der Waals surface area contributed by atoms with E-state index in [1.165, 1.54) is 25.9 Å². The second-order valence-corrected chi connectivity index (χ2v) is 5.16. The van der Waals surface area contributed by atoms with Crippen LogP contribution >= 0.6 is 11.6 Å². The summed E-state index contributed by atoms with van der Waals surface area (Å²) < 4.78 is 0. The molecule has 0 radical (unpaired) electrons. The van der Waals surface area contributed by atoms with Crippen molar-refractivity contribution in [2.45, 2.75) is 26.2 Å². The van der Waals surface area contributed by atoms with Gasteiger partial charge in [0.25, 0.3) is 0 Å². The zero-order chi connectivity index (χ0) is 13.5. The minimum atomic E-state index is 0.572. The third-order valence-corrected chi connectivity index (χ3v) is 3.50. The predicted molar refractivity (Wildman–Crippen MR) is 80.0 cm³/mol. The van der Waals surface area contributed by atoms with Crippen molar-refractivity contribution in [3.8, 4) is 0 Å². The third-order valence-electron chi connectivity index (χ3n) is 3.22. The van der Waals surface area contributed by atoms with Gasteiger partial charge in [-0.3, -0.25) is 0 Å². The summed E-state index contributed by atoms with van der Waals surface area (Å²) in [5.41, 5.74) is 0. The molecule has 1 aliphatic rings. The van der Waals surface area contributed by atoms with Crippen LogP contribution in [-0.2, 0) is 0 Å². The molecule has 1 aliphatic heterocycles. The van der Waals surface area contributed by atoms with Crippen LogP contribution in [0.2, 0.25) is 5.02 Å². The summed E-state index contributed by atoms with van der Waals surface area (Å²) in [4.78, 5) is 11.0. The van der Waals surface area contributed by atoms with E-state index < -0.39 is 0 Å². The Labute approximate surface area is 119 Å². The summed E-state index contributed by atoms with van der Waals surface area (Å²) in [5.74, 6) is 1.34. The normalized spacial score (nSPS) is 15.7. The quantitative estimate of drug-likeness (QED) is 0.753. The van der Waals surface area contributed by atoms with E-state index in [0.29, 0.717) is 16.8 Å². The Balaban J connectivity index is 1.76. The summed E-state index contributed by atoms with van der Waals surface area (Å²) in [6.45, 7) is 7.35. The molecule has 1 aromatic heterocycles. The summed E-state index contributed by atoms with van der Waals surface area (Å²) in [6, 6.07) is 0. The minimum absolute atomic E-state index is 0.572.